The van der Waals surface area contributed by atoms with Crippen LogP contribution >= 0.6 is 15.9 Å². The van der Waals surface area contributed by atoms with E-state index in [4.69, 9.17) is 10.2 Å². The Labute approximate surface area is 132 Å². The Morgan fingerprint density at radius 1 is 1.00 bits per heavy atom. The maximum atomic E-state index is 6.16. The first kappa shape index (κ1) is 17.8. The van der Waals surface area contributed by atoms with Crippen LogP contribution in [0.1, 0.15) is 89.2 Å². The van der Waals surface area contributed by atoms with Gasteiger partial charge in [0.25, 0.3) is 0 Å². The molecule has 1 rings (SSSR count). The number of halogens is 1. The van der Waals surface area contributed by atoms with Gasteiger partial charge in [-0.05, 0) is 28.4 Å². The Morgan fingerprint density at radius 3 is 2.05 bits per heavy atom. The second-order valence-electron chi connectivity index (χ2n) is 5.73. The van der Waals surface area contributed by atoms with Gasteiger partial charge in [0.15, 0.2) is 4.67 Å². The minimum Gasteiger partial charge on any atom is -0.457 e. The smallest absolute Gasteiger partial charge is 0.173 e. The summed E-state index contributed by atoms with van der Waals surface area (Å²) in [7, 11) is 0. The van der Waals surface area contributed by atoms with E-state index in [2.05, 4.69) is 22.9 Å². The fourth-order valence-corrected chi connectivity index (χ4v) is 3.11. The molecule has 0 radical (unpaired) electrons. The fraction of sp³-hybridized carbons (Fsp3) is 0.765. The normalized spacial score (nSPS) is 12.8. The quantitative estimate of drug-likeness (QED) is 0.449. The topological polar surface area (TPSA) is 39.2 Å². The lowest BCUT2D eigenvalue weighted by Crippen LogP contribution is -2.09. The van der Waals surface area contributed by atoms with Crippen LogP contribution in [0.3, 0.4) is 0 Å². The van der Waals surface area contributed by atoms with Crippen molar-refractivity contribution in [2.24, 2.45) is 5.73 Å². The lowest BCUT2D eigenvalue weighted by molar-refractivity contribution is 0.511. The van der Waals surface area contributed by atoms with Crippen molar-refractivity contribution in [2.75, 3.05) is 0 Å². The second-order valence-corrected chi connectivity index (χ2v) is 6.45. The summed E-state index contributed by atoms with van der Waals surface area (Å²) in [6.45, 7) is 2.27. The number of unbranched alkanes of at least 4 members (excludes halogenated alkanes) is 9. The van der Waals surface area contributed by atoms with E-state index >= 15 is 0 Å². The van der Waals surface area contributed by atoms with Gasteiger partial charge in [-0.1, -0.05) is 71.1 Å². The van der Waals surface area contributed by atoms with Crippen LogP contribution in [0.25, 0.3) is 0 Å². The maximum Gasteiger partial charge on any atom is 0.173 e. The molecule has 0 fully saturated rings. The van der Waals surface area contributed by atoms with Crippen molar-refractivity contribution in [3.8, 4) is 0 Å². The molecule has 1 aromatic rings. The highest BCUT2D eigenvalue weighted by Crippen LogP contribution is 2.26. The largest absolute Gasteiger partial charge is 0.457 e. The van der Waals surface area contributed by atoms with E-state index in [-0.39, 0.29) is 6.04 Å². The van der Waals surface area contributed by atoms with Crippen molar-refractivity contribution in [3.63, 3.8) is 0 Å². The molecule has 3 heteroatoms. The van der Waals surface area contributed by atoms with Gasteiger partial charge >= 0.3 is 0 Å². The number of hydrogen-bond donors (Lipinski definition) is 1. The summed E-state index contributed by atoms with van der Waals surface area (Å²) < 4.78 is 6.01. The van der Waals surface area contributed by atoms with Crippen molar-refractivity contribution in [3.05, 3.63) is 22.6 Å². The van der Waals surface area contributed by atoms with Gasteiger partial charge in [0.2, 0.25) is 0 Å². The molecule has 0 spiro atoms. The Kier molecular flexibility index (Phi) is 10.1. The summed E-state index contributed by atoms with van der Waals surface area (Å²) in [5.74, 6) is 0. The summed E-state index contributed by atoms with van der Waals surface area (Å²) in [6, 6.07) is 2.07. The van der Waals surface area contributed by atoms with Gasteiger partial charge in [0.1, 0.15) is 0 Å². The molecule has 0 aliphatic rings. The standard InChI is InChI=1S/C17H30BrNO/c1-2-3-4-5-6-7-8-9-10-11-12-16(19)15-13-14-20-17(15)18/h13-14,16H,2-12,19H2,1H3. The lowest BCUT2D eigenvalue weighted by Gasteiger charge is -2.09. The van der Waals surface area contributed by atoms with E-state index in [1.807, 2.05) is 6.07 Å². The van der Waals surface area contributed by atoms with Crippen LogP contribution in [0, 0.1) is 0 Å². The summed E-state index contributed by atoms with van der Waals surface area (Å²) in [5, 5.41) is 0. The lowest BCUT2D eigenvalue weighted by atomic mass is 10.0. The van der Waals surface area contributed by atoms with E-state index in [0.717, 1.165) is 16.7 Å². The predicted octanol–water partition coefficient (Wildman–Crippen LogP) is 6.35. The first-order valence-electron chi connectivity index (χ1n) is 8.24. The molecule has 1 aromatic heterocycles. The average molecular weight is 344 g/mol. The van der Waals surface area contributed by atoms with Crippen LogP contribution in [-0.4, -0.2) is 0 Å². The number of furan rings is 1. The molecule has 116 valence electrons. The van der Waals surface area contributed by atoms with Gasteiger partial charge in [-0.3, -0.25) is 0 Å². The predicted molar refractivity (Wildman–Crippen MR) is 89.8 cm³/mol. The molecule has 0 amide bonds. The van der Waals surface area contributed by atoms with Crippen LogP contribution < -0.4 is 5.73 Å². The van der Waals surface area contributed by atoms with E-state index in [1.165, 1.54) is 64.2 Å². The van der Waals surface area contributed by atoms with Crippen molar-refractivity contribution < 1.29 is 4.42 Å². The van der Waals surface area contributed by atoms with Gasteiger partial charge in [0.05, 0.1) is 6.26 Å². The summed E-state index contributed by atoms with van der Waals surface area (Å²) in [4.78, 5) is 0. The van der Waals surface area contributed by atoms with Gasteiger partial charge < -0.3 is 10.2 Å². The second kappa shape index (κ2) is 11.4. The van der Waals surface area contributed by atoms with Gasteiger partial charge in [-0.25, -0.2) is 0 Å². The zero-order valence-electron chi connectivity index (χ0n) is 12.9. The van der Waals surface area contributed by atoms with E-state index < -0.39 is 0 Å². The molecule has 0 saturated heterocycles. The zero-order valence-corrected chi connectivity index (χ0v) is 14.5. The van der Waals surface area contributed by atoms with Gasteiger partial charge in [-0.15, -0.1) is 0 Å². The average Bonchev–Trinajstić information content (AvgIpc) is 2.87. The summed E-state index contributed by atoms with van der Waals surface area (Å²) in [6.07, 6.45) is 16.4. The Bertz CT molecular complexity index is 337. The third kappa shape index (κ3) is 7.49. The SMILES string of the molecule is CCCCCCCCCCCCC(N)c1ccoc1Br. The van der Waals surface area contributed by atoms with Gasteiger partial charge in [-0.2, -0.15) is 0 Å². The molecular weight excluding hydrogens is 314 g/mol. The Hall–Kier alpha value is -0.280. The van der Waals surface area contributed by atoms with Gasteiger partial charge in [0, 0.05) is 11.6 Å². The van der Waals surface area contributed by atoms with Crippen LogP contribution in [0.5, 0.6) is 0 Å². The molecule has 1 unspecified atom stereocenters. The first-order chi connectivity index (χ1) is 9.75. The molecular formula is C17H30BrNO. The summed E-state index contributed by atoms with van der Waals surface area (Å²) >= 11 is 3.39. The minimum atomic E-state index is 0.108. The molecule has 0 saturated carbocycles. The fourth-order valence-electron chi connectivity index (χ4n) is 2.58. The molecule has 1 atom stereocenters. The number of rotatable bonds is 12. The molecule has 1 heterocycles. The monoisotopic (exact) mass is 343 g/mol. The van der Waals surface area contributed by atoms with Crippen molar-refractivity contribution in [1.29, 1.82) is 0 Å². The van der Waals surface area contributed by atoms with Crippen LogP contribution in [-0.2, 0) is 0 Å². The highest BCUT2D eigenvalue weighted by molar-refractivity contribution is 9.10. The molecule has 0 bridgehead atoms. The Morgan fingerprint density at radius 2 is 1.55 bits per heavy atom. The number of hydrogen-bond acceptors (Lipinski definition) is 2. The zero-order chi connectivity index (χ0) is 14.6. The molecule has 20 heavy (non-hydrogen) atoms. The molecule has 0 aromatic carbocycles. The van der Waals surface area contributed by atoms with Crippen molar-refractivity contribution in [2.45, 2.75) is 83.6 Å². The third-order valence-electron chi connectivity index (χ3n) is 3.91. The van der Waals surface area contributed by atoms with Crippen molar-refractivity contribution >= 4 is 15.9 Å². The molecule has 2 nitrogen and oxygen atoms in total. The molecule has 0 aliphatic heterocycles. The van der Waals surface area contributed by atoms with E-state index in [1.54, 1.807) is 6.26 Å². The molecule has 0 aliphatic carbocycles. The third-order valence-corrected chi connectivity index (χ3v) is 4.56. The number of nitrogens with two attached hydrogens (primary N) is 1. The molecule has 2 N–H and O–H groups in total. The van der Waals surface area contributed by atoms with Crippen LogP contribution in [0.15, 0.2) is 21.4 Å². The Balaban J connectivity index is 1.91. The van der Waals surface area contributed by atoms with Crippen molar-refractivity contribution in [1.82, 2.24) is 0 Å². The van der Waals surface area contributed by atoms with E-state index in [9.17, 15) is 0 Å². The minimum absolute atomic E-state index is 0.108. The van der Waals surface area contributed by atoms with Crippen LogP contribution in [0.2, 0.25) is 0 Å². The van der Waals surface area contributed by atoms with Crippen LogP contribution in [0.4, 0.5) is 0 Å². The highest BCUT2D eigenvalue weighted by Gasteiger charge is 2.11. The summed E-state index contributed by atoms with van der Waals surface area (Å²) in [5.41, 5.74) is 7.26. The maximum absolute atomic E-state index is 6.16. The van der Waals surface area contributed by atoms with E-state index in [0.29, 0.717) is 0 Å². The first-order valence-corrected chi connectivity index (χ1v) is 9.03. The highest BCUT2D eigenvalue weighted by atomic mass is 79.9.